The molecule has 1 amide bonds. The van der Waals surface area contributed by atoms with E-state index in [1.807, 2.05) is 0 Å². The number of carbonyl (C=O) groups is 2. The van der Waals surface area contributed by atoms with E-state index in [9.17, 15) is 14.0 Å². The van der Waals surface area contributed by atoms with Gasteiger partial charge in [0.1, 0.15) is 17.9 Å². The summed E-state index contributed by atoms with van der Waals surface area (Å²) in [5, 5.41) is 9.12. The van der Waals surface area contributed by atoms with Gasteiger partial charge in [-0.15, -0.1) is 0 Å². The van der Waals surface area contributed by atoms with Crippen LogP contribution in [0, 0.1) is 5.82 Å². The molecule has 5 nitrogen and oxygen atoms in total. The molecule has 1 rings (SSSR count). The fourth-order valence-corrected chi connectivity index (χ4v) is 2.19. The molecule has 0 saturated carbocycles. The molecule has 0 radical (unpaired) electrons. The average molecular weight is 317 g/mol. The van der Waals surface area contributed by atoms with E-state index in [4.69, 9.17) is 16.7 Å². The second-order valence-electron chi connectivity index (χ2n) is 4.96. The Morgan fingerprint density at radius 3 is 2.29 bits per heavy atom. The third kappa shape index (κ3) is 3.71. The maximum absolute atomic E-state index is 14.0. The fraction of sp³-hybridized carbons (Fsp3) is 0.429. The minimum atomic E-state index is -1.14. The smallest absolute Gasteiger partial charge is 0.326 e. The highest BCUT2D eigenvalue weighted by atomic mass is 35.5. The zero-order chi connectivity index (χ0) is 16.3. The van der Waals surface area contributed by atoms with Crippen LogP contribution in [-0.4, -0.2) is 54.0 Å². The Hall–Kier alpha value is -1.66. The molecule has 0 aliphatic carbocycles. The van der Waals surface area contributed by atoms with Crippen molar-refractivity contribution in [2.45, 2.75) is 19.0 Å². The summed E-state index contributed by atoms with van der Waals surface area (Å²) in [6.45, 7) is 1.38. The molecule has 116 valence electrons. The molecule has 21 heavy (non-hydrogen) atoms. The van der Waals surface area contributed by atoms with Gasteiger partial charge >= 0.3 is 5.97 Å². The number of nitrogens with zero attached hydrogens (tertiary/aromatic N) is 2. The number of carboxylic acids is 1. The summed E-state index contributed by atoms with van der Waals surface area (Å²) >= 11 is 6.01. The second-order valence-corrected chi connectivity index (χ2v) is 5.37. The molecule has 0 saturated heterocycles. The van der Waals surface area contributed by atoms with Crippen LogP contribution in [0.2, 0.25) is 5.02 Å². The van der Waals surface area contributed by atoms with Crippen molar-refractivity contribution in [2.75, 3.05) is 21.1 Å². The fourth-order valence-electron chi connectivity index (χ4n) is 1.92. The van der Waals surface area contributed by atoms with Crippen molar-refractivity contribution >= 4 is 23.5 Å². The van der Waals surface area contributed by atoms with E-state index in [1.54, 1.807) is 14.1 Å². The van der Waals surface area contributed by atoms with Gasteiger partial charge in [0, 0.05) is 17.6 Å². The number of likely N-dealkylation sites (N-methyl/N-ethyl adjacent to an activating group) is 2. The number of halogens is 2. The number of hydrogen-bond donors (Lipinski definition) is 1. The van der Waals surface area contributed by atoms with Crippen LogP contribution in [0.3, 0.4) is 0 Å². The largest absolute Gasteiger partial charge is 0.480 e. The van der Waals surface area contributed by atoms with Crippen LogP contribution in [0.1, 0.15) is 18.5 Å². The second kappa shape index (κ2) is 6.87. The van der Waals surface area contributed by atoms with E-state index in [0.717, 1.165) is 4.90 Å². The molecular weight excluding hydrogens is 299 g/mol. The standard InChI is InChI=1S/C14H18ClFN2O3/c1-8(14(20)21)18(4)13(19)12(17(2)3)11-9(15)6-5-7-10(11)16/h5-8,12H,1-4H3,(H,20,21). The van der Waals surface area contributed by atoms with Crippen LogP contribution in [0.5, 0.6) is 0 Å². The first-order valence-electron chi connectivity index (χ1n) is 6.28. The summed E-state index contributed by atoms with van der Waals surface area (Å²) in [6, 6.07) is 2.13. The van der Waals surface area contributed by atoms with Crippen molar-refractivity contribution in [3.05, 3.63) is 34.6 Å². The SMILES string of the molecule is CC(C(=O)O)N(C)C(=O)C(c1c(F)cccc1Cl)N(C)C. The zero-order valence-electron chi connectivity index (χ0n) is 12.3. The van der Waals surface area contributed by atoms with Gasteiger partial charge in [-0.2, -0.15) is 0 Å². The predicted molar refractivity (Wildman–Crippen MR) is 77.7 cm³/mol. The Morgan fingerprint density at radius 2 is 1.86 bits per heavy atom. The van der Waals surface area contributed by atoms with E-state index in [0.29, 0.717) is 0 Å². The molecule has 0 aromatic heterocycles. The minimum Gasteiger partial charge on any atom is -0.480 e. The molecule has 2 unspecified atom stereocenters. The molecule has 0 bridgehead atoms. The van der Waals surface area contributed by atoms with E-state index in [2.05, 4.69) is 0 Å². The van der Waals surface area contributed by atoms with Crippen LogP contribution < -0.4 is 0 Å². The molecule has 1 N–H and O–H groups in total. The van der Waals surface area contributed by atoms with Gasteiger partial charge in [0.15, 0.2) is 0 Å². The van der Waals surface area contributed by atoms with Crippen LogP contribution in [0.25, 0.3) is 0 Å². The van der Waals surface area contributed by atoms with Gasteiger partial charge in [-0.05, 0) is 33.2 Å². The number of aliphatic carboxylic acids is 1. The summed E-state index contributed by atoms with van der Waals surface area (Å²) in [6.07, 6.45) is 0. The average Bonchev–Trinajstić information content (AvgIpc) is 2.40. The number of amides is 1. The third-order valence-corrected chi connectivity index (χ3v) is 3.64. The number of hydrogen-bond acceptors (Lipinski definition) is 3. The van der Waals surface area contributed by atoms with E-state index >= 15 is 0 Å². The lowest BCUT2D eigenvalue weighted by Crippen LogP contribution is -2.46. The lowest BCUT2D eigenvalue weighted by molar-refractivity contribution is -0.150. The monoisotopic (exact) mass is 316 g/mol. The third-order valence-electron chi connectivity index (χ3n) is 3.31. The highest BCUT2D eigenvalue weighted by Crippen LogP contribution is 2.30. The Balaban J connectivity index is 3.25. The Morgan fingerprint density at radius 1 is 1.29 bits per heavy atom. The minimum absolute atomic E-state index is 0.0404. The van der Waals surface area contributed by atoms with Gasteiger partial charge < -0.3 is 10.0 Å². The number of benzene rings is 1. The van der Waals surface area contributed by atoms with Gasteiger partial charge in [0.05, 0.1) is 0 Å². The van der Waals surface area contributed by atoms with Crippen molar-refractivity contribution in [3.63, 3.8) is 0 Å². The van der Waals surface area contributed by atoms with Crippen molar-refractivity contribution in [3.8, 4) is 0 Å². The molecule has 1 aromatic carbocycles. The molecule has 0 heterocycles. The van der Waals surface area contributed by atoms with E-state index in [-0.39, 0.29) is 10.6 Å². The van der Waals surface area contributed by atoms with Crippen LogP contribution in [0.4, 0.5) is 4.39 Å². The van der Waals surface area contributed by atoms with Crippen LogP contribution in [-0.2, 0) is 9.59 Å². The summed E-state index contributed by atoms with van der Waals surface area (Å²) < 4.78 is 14.0. The van der Waals surface area contributed by atoms with Crippen molar-refractivity contribution in [1.29, 1.82) is 0 Å². The first-order chi connectivity index (χ1) is 9.68. The molecular formula is C14H18ClFN2O3. The molecule has 0 aliphatic rings. The van der Waals surface area contributed by atoms with Gasteiger partial charge in [0.2, 0.25) is 5.91 Å². The topological polar surface area (TPSA) is 60.9 Å². The maximum atomic E-state index is 14.0. The van der Waals surface area contributed by atoms with E-state index < -0.39 is 29.8 Å². The molecule has 0 aliphatic heterocycles. The summed E-state index contributed by atoms with van der Waals surface area (Å²) in [5.74, 6) is -2.28. The predicted octanol–water partition coefficient (Wildman–Crippen LogP) is 2.01. The lowest BCUT2D eigenvalue weighted by Gasteiger charge is -2.31. The first kappa shape index (κ1) is 17.4. The van der Waals surface area contributed by atoms with Crippen molar-refractivity contribution in [2.24, 2.45) is 0 Å². The Labute approximate surface area is 127 Å². The van der Waals surface area contributed by atoms with Crippen molar-refractivity contribution < 1.29 is 19.1 Å². The van der Waals surface area contributed by atoms with Gasteiger partial charge in [-0.25, -0.2) is 9.18 Å². The van der Waals surface area contributed by atoms with Gasteiger partial charge in [-0.3, -0.25) is 9.69 Å². The van der Waals surface area contributed by atoms with Gasteiger partial charge in [-0.1, -0.05) is 17.7 Å². The molecule has 0 spiro atoms. The Bertz CT molecular complexity index is 531. The first-order valence-corrected chi connectivity index (χ1v) is 6.66. The number of rotatable bonds is 5. The van der Waals surface area contributed by atoms with Crippen molar-refractivity contribution in [1.82, 2.24) is 9.80 Å². The number of carboxylic acid groups (broad SMARTS) is 1. The highest BCUT2D eigenvalue weighted by molar-refractivity contribution is 6.31. The van der Waals surface area contributed by atoms with Crippen LogP contribution in [0.15, 0.2) is 18.2 Å². The Kier molecular flexibility index (Phi) is 5.69. The molecule has 1 aromatic rings. The zero-order valence-corrected chi connectivity index (χ0v) is 13.1. The lowest BCUT2D eigenvalue weighted by atomic mass is 10.0. The number of carbonyl (C=O) groups excluding carboxylic acids is 1. The van der Waals surface area contributed by atoms with E-state index in [1.165, 1.54) is 37.1 Å². The summed E-state index contributed by atoms with van der Waals surface area (Å²) in [4.78, 5) is 26.1. The van der Waals surface area contributed by atoms with Crippen LogP contribution >= 0.6 is 11.6 Å². The quantitative estimate of drug-likeness (QED) is 0.902. The maximum Gasteiger partial charge on any atom is 0.326 e. The summed E-state index contributed by atoms with van der Waals surface area (Å²) in [5.41, 5.74) is 0.0404. The molecule has 2 atom stereocenters. The normalized spacial score (nSPS) is 13.9. The summed E-state index contributed by atoms with van der Waals surface area (Å²) in [7, 11) is 4.57. The molecule has 0 fully saturated rings. The molecule has 7 heteroatoms. The van der Waals surface area contributed by atoms with Gasteiger partial charge in [0.25, 0.3) is 0 Å². The highest BCUT2D eigenvalue weighted by Gasteiger charge is 2.33.